The number of hydrogen-bond acceptors (Lipinski definition) is 2. The van der Waals surface area contributed by atoms with Crippen LogP contribution in [0.3, 0.4) is 0 Å². The maximum atomic E-state index is 6.01. The van der Waals surface area contributed by atoms with Crippen LogP contribution in [0.4, 0.5) is 0 Å². The van der Waals surface area contributed by atoms with Gasteiger partial charge in [-0.05, 0) is 67.0 Å². The third kappa shape index (κ3) is 7.45. The van der Waals surface area contributed by atoms with E-state index in [1.807, 2.05) is 6.20 Å². The molecule has 2 nitrogen and oxygen atoms in total. The van der Waals surface area contributed by atoms with Crippen molar-refractivity contribution >= 4 is 0 Å². The molecular formula is C28H41NO. The normalized spacial score (nSPS) is 19.0. The van der Waals surface area contributed by atoms with Crippen molar-refractivity contribution in [1.29, 1.82) is 0 Å². The van der Waals surface area contributed by atoms with Crippen LogP contribution in [0.1, 0.15) is 90.0 Å². The van der Waals surface area contributed by atoms with E-state index in [-0.39, 0.29) is 0 Å². The van der Waals surface area contributed by atoms with Crippen LogP contribution < -0.4 is 4.74 Å². The Labute approximate surface area is 184 Å². The lowest BCUT2D eigenvalue weighted by molar-refractivity contribution is 0.228. The molecule has 1 fully saturated rings. The third-order valence-corrected chi connectivity index (χ3v) is 6.72. The highest BCUT2D eigenvalue weighted by Crippen LogP contribution is 2.34. The summed E-state index contributed by atoms with van der Waals surface area (Å²) in [7, 11) is 0. The molecule has 0 atom stereocenters. The summed E-state index contributed by atoms with van der Waals surface area (Å²) in [5.74, 6) is 2.92. The minimum absolute atomic E-state index is 0.833. The smallest absolute Gasteiger partial charge is 0.119 e. The van der Waals surface area contributed by atoms with Crippen molar-refractivity contribution in [2.75, 3.05) is 6.61 Å². The van der Waals surface area contributed by atoms with Crippen molar-refractivity contribution in [2.45, 2.75) is 90.9 Å². The quantitative estimate of drug-likeness (QED) is 0.330. The minimum atomic E-state index is 0.833. The molecule has 1 aliphatic rings. The maximum absolute atomic E-state index is 6.01. The zero-order valence-corrected chi connectivity index (χ0v) is 19.2. The molecule has 1 aromatic carbocycles. The summed E-state index contributed by atoms with van der Waals surface area (Å²) < 4.78 is 6.01. The highest BCUT2D eigenvalue weighted by molar-refractivity contribution is 5.60. The van der Waals surface area contributed by atoms with Crippen LogP contribution >= 0.6 is 0 Å². The number of aryl methyl sites for hydroxylation is 1. The molecule has 30 heavy (non-hydrogen) atoms. The standard InChI is InChI=1S/C28H41NO/c1-3-5-6-9-23-11-13-24(14-12-23)10-7-21-30-27-18-16-26(17-19-27)28-20-15-25(8-4-2)22-29-28/h15-20,22-24H,3-14,21H2,1-2H3. The Bertz CT molecular complexity index is 698. The van der Waals surface area contributed by atoms with Gasteiger partial charge in [-0.2, -0.15) is 0 Å². The van der Waals surface area contributed by atoms with E-state index < -0.39 is 0 Å². The summed E-state index contributed by atoms with van der Waals surface area (Å²) in [5, 5.41) is 0. The number of aromatic nitrogens is 1. The van der Waals surface area contributed by atoms with Crippen molar-refractivity contribution < 1.29 is 4.74 Å². The number of pyridine rings is 1. The predicted octanol–water partition coefficient (Wildman–Crippen LogP) is 8.25. The second kappa shape index (κ2) is 12.8. The fourth-order valence-electron chi connectivity index (χ4n) is 4.81. The lowest BCUT2D eigenvalue weighted by Gasteiger charge is -2.28. The SMILES string of the molecule is CCCCCC1CCC(CCCOc2ccc(-c3ccc(CCC)cn3)cc2)CC1. The van der Waals surface area contributed by atoms with Gasteiger partial charge >= 0.3 is 0 Å². The van der Waals surface area contributed by atoms with E-state index in [2.05, 4.69) is 55.2 Å². The monoisotopic (exact) mass is 407 g/mol. The molecular weight excluding hydrogens is 366 g/mol. The second-order valence-electron chi connectivity index (χ2n) is 9.20. The zero-order valence-electron chi connectivity index (χ0n) is 19.2. The first-order valence-electron chi connectivity index (χ1n) is 12.5. The topological polar surface area (TPSA) is 22.1 Å². The van der Waals surface area contributed by atoms with Crippen molar-refractivity contribution in [3.05, 3.63) is 48.2 Å². The highest BCUT2D eigenvalue weighted by atomic mass is 16.5. The molecule has 2 heteroatoms. The molecule has 0 bridgehead atoms. The predicted molar refractivity (Wildman–Crippen MR) is 128 cm³/mol. The summed E-state index contributed by atoms with van der Waals surface area (Å²) >= 11 is 0. The fraction of sp³-hybridized carbons (Fsp3) is 0.607. The van der Waals surface area contributed by atoms with E-state index in [4.69, 9.17) is 4.74 Å². The van der Waals surface area contributed by atoms with Gasteiger partial charge in [-0.25, -0.2) is 0 Å². The fourth-order valence-corrected chi connectivity index (χ4v) is 4.81. The van der Waals surface area contributed by atoms with Gasteiger partial charge in [0.05, 0.1) is 12.3 Å². The molecule has 1 aromatic heterocycles. The van der Waals surface area contributed by atoms with Gasteiger partial charge in [-0.3, -0.25) is 4.98 Å². The first kappa shape index (κ1) is 22.8. The van der Waals surface area contributed by atoms with Gasteiger partial charge in [0.25, 0.3) is 0 Å². The van der Waals surface area contributed by atoms with Crippen molar-refractivity contribution in [2.24, 2.45) is 11.8 Å². The molecule has 0 unspecified atom stereocenters. The first-order valence-corrected chi connectivity index (χ1v) is 12.5. The Hall–Kier alpha value is -1.83. The van der Waals surface area contributed by atoms with Crippen molar-refractivity contribution in [3.63, 3.8) is 0 Å². The average molecular weight is 408 g/mol. The van der Waals surface area contributed by atoms with E-state index in [0.29, 0.717) is 0 Å². The summed E-state index contributed by atoms with van der Waals surface area (Å²) in [6.07, 6.45) is 18.2. The largest absolute Gasteiger partial charge is 0.494 e. The summed E-state index contributed by atoms with van der Waals surface area (Å²) in [4.78, 5) is 4.61. The molecule has 0 aliphatic heterocycles. The summed E-state index contributed by atoms with van der Waals surface area (Å²) in [5.41, 5.74) is 3.50. The van der Waals surface area contributed by atoms with Gasteiger partial charge in [-0.1, -0.05) is 77.7 Å². The van der Waals surface area contributed by atoms with E-state index in [0.717, 1.165) is 48.3 Å². The Kier molecular flexibility index (Phi) is 9.73. The van der Waals surface area contributed by atoms with Gasteiger partial charge < -0.3 is 4.74 Å². The molecule has 0 saturated heterocycles. The molecule has 164 valence electrons. The number of unbranched alkanes of at least 4 members (excludes halogenated alkanes) is 2. The molecule has 0 spiro atoms. The van der Waals surface area contributed by atoms with Crippen LogP contribution in [0.5, 0.6) is 5.75 Å². The highest BCUT2D eigenvalue weighted by Gasteiger charge is 2.20. The average Bonchev–Trinajstić information content (AvgIpc) is 2.79. The number of nitrogens with zero attached hydrogens (tertiary/aromatic N) is 1. The Morgan fingerprint density at radius 3 is 2.10 bits per heavy atom. The minimum Gasteiger partial charge on any atom is -0.494 e. The summed E-state index contributed by atoms with van der Waals surface area (Å²) in [6, 6.07) is 12.7. The molecule has 0 radical (unpaired) electrons. The second-order valence-corrected chi connectivity index (χ2v) is 9.20. The van der Waals surface area contributed by atoms with Crippen LogP contribution in [-0.2, 0) is 6.42 Å². The summed E-state index contributed by atoms with van der Waals surface area (Å²) in [6.45, 7) is 5.34. The Morgan fingerprint density at radius 1 is 0.800 bits per heavy atom. The molecule has 0 N–H and O–H groups in total. The zero-order chi connectivity index (χ0) is 21.0. The van der Waals surface area contributed by atoms with Crippen LogP contribution in [0.2, 0.25) is 0 Å². The number of ether oxygens (including phenoxy) is 1. The van der Waals surface area contributed by atoms with Crippen LogP contribution in [0.15, 0.2) is 42.6 Å². The van der Waals surface area contributed by atoms with Gasteiger partial charge in [0.2, 0.25) is 0 Å². The number of benzene rings is 1. The molecule has 1 saturated carbocycles. The Balaban J connectivity index is 1.33. The number of rotatable bonds is 12. The molecule has 1 heterocycles. The lowest BCUT2D eigenvalue weighted by Crippen LogP contribution is -2.15. The number of hydrogen-bond donors (Lipinski definition) is 0. The molecule has 1 aliphatic carbocycles. The van der Waals surface area contributed by atoms with Crippen LogP contribution in [-0.4, -0.2) is 11.6 Å². The third-order valence-electron chi connectivity index (χ3n) is 6.72. The molecule has 3 rings (SSSR count). The Morgan fingerprint density at radius 2 is 1.50 bits per heavy atom. The maximum Gasteiger partial charge on any atom is 0.119 e. The molecule has 2 aromatic rings. The van der Waals surface area contributed by atoms with Crippen molar-refractivity contribution in [3.8, 4) is 17.0 Å². The van der Waals surface area contributed by atoms with E-state index in [9.17, 15) is 0 Å². The van der Waals surface area contributed by atoms with E-state index in [1.165, 1.54) is 69.8 Å². The molecule has 0 amide bonds. The first-order chi connectivity index (χ1) is 14.8. The van der Waals surface area contributed by atoms with Gasteiger partial charge in [0.15, 0.2) is 0 Å². The van der Waals surface area contributed by atoms with Crippen LogP contribution in [0.25, 0.3) is 11.3 Å². The van der Waals surface area contributed by atoms with Crippen molar-refractivity contribution in [1.82, 2.24) is 4.98 Å². The van der Waals surface area contributed by atoms with Crippen LogP contribution in [0, 0.1) is 11.8 Å². The van der Waals surface area contributed by atoms with Gasteiger partial charge in [0, 0.05) is 11.8 Å². The van der Waals surface area contributed by atoms with E-state index in [1.54, 1.807) is 0 Å². The lowest BCUT2D eigenvalue weighted by atomic mass is 9.78. The van der Waals surface area contributed by atoms with E-state index >= 15 is 0 Å². The van der Waals surface area contributed by atoms with Gasteiger partial charge in [0.1, 0.15) is 5.75 Å². The van der Waals surface area contributed by atoms with Gasteiger partial charge in [-0.15, -0.1) is 0 Å².